The molecule has 2 aromatic rings. The van der Waals surface area contributed by atoms with Crippen LogP contribution in [-0.4, -0.2) is 41.1 Å². The maximum atomic E-state index is 12.8. The monoisotopic (exact) mass is 424 g/mol. The van der Waals surface area contributed by atoms with Crippen LogP contribution in [0.1, 0.15) is 63.5 Å². The number of ketones is 2. The van der Waals surface area contributed by atoms with E-state index in [4.69, 9.17) is 4.74 Å². The molecule has 2 atom stereocenters. The zero-order valence-corrected chi connectivity index (χ0v) is 18.8. The Balaban J connectivity index is 1.71. The molecule has 0 saturated carbocycles. The molecule has 0 radical (unpaired) electrons. The molecule has 0 aliphatic carbocycles. The first-order chi connectivity index (χ1) is 14.5. The molecule has 1 aromatic heterocycles. The quantitative estimate of drug-likeness (QED) is 0.564. The predicted molar refractivity (Wildman–Crippen MR) is 117 cm³/mol. The molecule has 0 spiro atoms. The number of ether oxygens (including phenoxy) is 1. The van der Waals surface area contributed by atoms with Crippen LogP contribution in [0.2, 0.25) is 0 Å². The molecule has 1 saturated heterocycles. The highest BCUT2D eigenvalue weighted by Gasteiger charge is 2.38. The fourth-order valence-electron chi connectivity index (χ4n) is 4.18. The first kappa shape index (κ1) is 22.5. The predicted octanol–water partition coefficient (Wildman–Crippen LogP) is 3.62. The van der Waals surface area contributed by atoms with Gasteiger partial charge in [-0.1, -0.05) is 12.1 Å². The SMILES string of the molecule is CC(=O)c1c(C)[nH]c(C(=O)[C@H](C)OC(=O)[C@H]2CC(=O)N(c3cccc(C)c3C)C2)c1C. The van der Waals surface area contributed by atoms with Gasteiger partial charge in [0.1, 0.15) is 0 Å². The third-order valence-electron chi connectivity index (χ3n) is 6.02. The number of anilines is 1. The highest BCUT2D eigenvalue weighted by Crippen LogP contribution is 2.30. The van der Waals surface area contributed by atoms with Gasteiger partial charge in [-0.15, -0.1) is 0 Å². The van der Waals surface area contributed by atoms with Gasteiger partial charge in [-0.2, -0.15) is 0 Å². The number of Topliss-reactive ketones (excluding diaryl/α,β-unsaturated/α-hetero) is 2. The minimum absolute atomic E-state index is 0.0439. The number of benzene rings is 1. The van der Waals surface area contributed by atoms with Crippen LogP contribution in [0.25, 0.3) is 0 Å². The van der Waals surface area contributed by atoms with Gasteiger partial charge >= 0.3 is 5.97 Å². The number of nitrogens with zero attached hydrogens (tertiary/aromatic N) is 1. The van der Waals surface area contributed by atoms with Crippen LogP contribution in [0.4, 0.5) is 5.69 Å². The highest BCUT2D eigenvalue weighted by molar-refractivity contribution is 6.05. The molecule has 7 heteroatoms. The van der Waals surface area contributed by atoms with E-state index in [2.05, 4.69) is 4.98 Å². The number of carbonyl (C=O) groups excluding carboxylic acids is 4. The van der Waals surface area contributed by atoms with Crippen LogP contribution in [-0.2, 0) is 14.3 Å². The third kappa shape index (κ3) is 4.17. The molecule has 0 unspecified atom stereocenters. The third-order valence-corrected chi connectivity index (χ3v) is 6.02. The largest absolute Gasteiger partial charge is 0.454 e. The summed E-state index contributed by atoms with van der Waals surface area (Å²) in [5, 5.41) is 0. The summed E-state index contributed by atoms with van der Waals surface area (Å²) < 4.78 is 5.43. The summed E-state index contributed by atoms with van der Waals surface area (Å²) in [6.45, 7) is 10.5. The van der Waals surface area contributed by atoms with Gasteiger partial charge in [-0.05, 0) is 64.3 Å². The van der Waals surface area contributed by atoms with Gasteiger partial charge in [0.15, 0.2) is 11.9 Å². The summed E-state index contributed by atoms with van der Waals surface area (Å²) in [4.78, 5) is 54.5. The molecule has 1 aliphatic rings. The van der Waals surface area contributed by atoms with Gasteiger partial charge in [-0.3, -0.25) is 19.2 Å². The number of amides is 1. The fourth-order valence-corrected chi connectivity index (χ4v) is 4.18. The van der Waals surface area contributed by atoms with Gasteiger partial charge in [0.25, 0.3) is 0 Å². The molecule has 1 N–H and O–H groups in total. The molecule has 164 valence electrons. The Labute approximate surface area is 181 Å². The smallest absolute Gasteiger partial charge is 0.312 e. The molecule has 0 bridgehead atoms. The second-order valence-corrected chi connectivity index (χ2v) is 8.25. The molecule has 3 rings (SSSR count). The van der Waals surface area contributed by atoms with Crippen molar-refractivity contribution in [3.63, 3.8) is 0 Å². The van der Waals surface area contributed by atoms with Crippen LogP contribution < -0.4 is 4.90 Å². The number of hydrogen-bond acceptors (Lipinski definition) is 5. The van der Waals surface area contributed by atoms with E-state index in [1.807, 2.05) is 32.0 Å². The number of hydrogen-bond donors (Lipinski definition) is 1. The zero-order chi connectivity index (χ0) is 23.0. The first-order valence-corrected chi connectivity index (χ1v) is 10.3. The Morgan fingerprint density at radius 1 is 1.13 bits per heavy atom. The lowest BCUT2D eigenvalue weighted by Crippen LogP contribution is -2.31. The van der Waals surface area contributed by atoms with E-state index in [9.17, 15) is 19.2 Å². The standard InChI is InChI=1S/C24H28N2O5/c1-12-8-7-9-19(13(12)2)26-11-18(10-20(26)28)24(30)31-17(6)23(29)22-14(3)21(16(5)27)15(4)25-22/h7-9,17-18,25H,10-11H2,1-6H3/t17-,18-/m0/s1. The van der Waals surface area contributed by atoms with E-state index in [-0.39, 0.29) is 30.3 Å². The number of carbonyl (C=O) groups is 4. The highest BCUT2D eigenvalue weighted by atomic mass is 16.5. The van der Waals surface area contributed by atoms with Crippen molar-refractivity contribution in [2.24, 2.45) is 5.92 Å². The summed E-state index contributed by atoms with van der Waals surface area (Å²) >= 11 is 0. The van der Waals surface area contributed by atoms with Crippen LogP contribution in [0.5, 0.6) is 0 Å². The van der Waals surface area contributed by atoms with E-state index in [1.165, 1.54) is 13.8 Å². The maximum Gasteiger partial charge on any atom is 0.312 e. The second-order valence-electron chi connectivity index (χ2n) is 8.25. The summed E-state index contributed by atoms with van der Waals surface area (Å²) in [5.41, 5.74) is 4.76. The lowest BCUT2D eigenvalue weighted by Gasteiger charge is -2.20. The van der Waals surface area contributed by atoms with Gasteiger partial charge in [-0.25, -0.2) is 0 Å². The Kier molecular flexibility index (Phi) is 6.15. The second kappa shape index (κ2) is 8.49. The number of nitrogens with one attached hydrogen (secondary N) is 1. The van der Waals surface area contributed by atoms with Crippen molar-refractivity contribution >= 4 is 29.1 Å². The Bertz CT molecular complexity index is 1080. The van der Waals surface area contributed by atoms with E-state index < -0.39 is 23.8 Å². The Hall–Kier alpha value is -3.22. The van der Waals surface area contributed by atoms with Crippen LogP contribution in [0.15, 0.2) is 18.2 Å². The molecule has 31 heavy (non-hydrogen) atoms. The van der Waals surface area contributed by atoms with Crippen LogP contribution >= 0.6 is 0 Å². The lowest BCUT2D eigenvalue weighted by molar-refractivity contribution is -0.151. The van der Waals surface area contributed by atoms with Crippen LogP contribution in [0, 0.1) is 33.6 Å². The van der Waals surface area contributed by atoms with Crippen molar-refractivity contribution in [1.29, 1.82) is 0 Å². The van der Waals surface area contributed by atoms with Gasteiger partial charge in [0.05, 0.1) is 11.6 Å². The summed E-state index contributed by atoms with van der Waals surface area (Å²) in [5.74, 6) is -1.89. The molecule has 1 fully saturated rings. The molecule has 1 aromatic carbocycles. The average molecular weight is 424 g/mol. The topological polar surface area (TPSA) is 96.5 Å². The number of aromatic amines is 1. The van der Waals surface area contributed by atoms with Crippen molar-refractivity contribution in [1.82, 2.24) is 4.98 Å². The first-order valence-electron chi connectivity index (χ1n) is 10.3. The minimum atomic E-state index is -1.03. The van der Waals surface area contributed by atoms with Crippen molar-refractivity contribution in [3.8, 4) is 0 Å². The lowest BCUT2D eigenvalue weighted by atomic mass is 10.0. The number of aromatic nitrogens is 1. The molecule has 1 amide bonds. The number of esters is 1. The van der Waals surface area contributed by atoms with E-state index in [0.29, 0.717) is 16.8 Å². The van der Waals surface area contributed by atoms with Crippen LogP contribution in [0.3, 0.4) is 0 Å². The molecule has 2 heterocycles. The summed E-state index contributed by atoms with van der Waals surface area (Å²) in [6, 6.07) is 5.72. The van der Waals surface area contributed by atoms with Gasteiger partial charge < -0.3 is 14.6 Å². The molecule has 7 nitrogen and oxygen atoms in total. The Morgan fingerprint density at radius 3 is 2.42 bits per heavy atom. The number of aryl methyl sites for hydroxylation is 2. The average Bonchev–Trinajstić information content (AvgIpc) is 3.22. The maximum absolute atomic E-state index is 12.8. The van der Waals surface area contributed by atoms with Crippen molar-refractivity contribution in [2.45, 2.75) is 54.1 Å². The van der Waals surface area contributed by atoms with E-state index >= 15 is 0 Å². The van der Waals surface area contributed by atoms with Gasteiger partial charge in [0, 0.05) is 29.9 Å². The zero-order valence-electron chi connectivity index (χ0n) is 18.8. The van der Waals surface area contributed by atoms with E-state index in [1.54, 1.807) is 18.7 Å². The summed E-state index contributed by atoms with van der Waals surface area (Å²) in [6.07, 6.45) is -0.990. The number of H-pyrrole nitrogens is 1. The van der Waals surface area contributed by atoms with E-state index in [0.717, 1.165) is 16.8 Å². The molecule has 1 aliphatic heterocycles. The van der Waals surface area contributed by atoms with Crippen molar-refractivity contribution < 1.29 is 23.9 Å². The number of rotatable bonds is 6. The molecular formula is C24H28N2O5. The van der Waals surface area contributed by atoms with Crippen molar-refractivity contribution in [3.05, 3.63) is 51.8 Å². The van der Waals surface area contributed by atoms with Crippen molar-refractivity contribution in [2.75, 3.05) is 11.4 Å². The van der Waals surface area contributed by atoms with Gasteiger partial charge in [0.2, 0.25) is 11.7 Å². The minimum Gasteiger partial charge on any atom is -0.454 e. The fraction of sp³-hybridized carbons (Fsp3) is 0.417. The normalized spacial score (nSPS) is 17.0. The Morgan fingerprint density at radius 2 is 1.81 bits per heavy atom. The summed E-state index contributed by atoms with van der Waals surface area (Å²) in [7, 11) is 0. The molecular weight excluding hydrogens is 396 g/mol.